The number of carbonyl (C=O) groups excluding carboxylic acids is 3. The predicted molar refractivity (Wildman–Crippen MR) is 443 cm³/mol. The predicted octanol–water partition coefficient (Wildman–Crippen LogP) is 9.20. The number of amides is 3. The Hall–Kier alpha value is -11.9. The molecule has 3 unspecified atom stereocenters. The minimum atomic E-state index is -0.198. The van der Waals surface area contributed by atoms with Crippen LogP contribution in [0.2, 0.25) is 0 Å². The number of H-pyrrole nitrogens is 3. The summed E-state index contributed by atoms with van der Waals surface area (Å²) in [6, 6.07) is 7.04. The van der Waals surface area contributed by atoms with E-state index in [0.29, 0.717) is 65.0 Å². The highest BCUT2D eigenvalue weighted by atomic mass is 16.5. The maximum Gasteiger partial charge on any atom is 0.256 e. The Morgan fingerprint density at radius 1 is 0.456 bits per heavy atom. The third-order valence-corrected chi connectivity index (χ3v) is 21.0. The molecule has 3 aliphatic heterocycles. The zero-order valence-electron chi connectivity index (χ0n) is 67.4. The van der Waals surface area contributed by atoms with Crippen LogP contribution in [0.1, 0.15) is 70.7 Å². The first kappa shape index (κ1) is 80.2. The second-order valence-electron chi connectivity index (χ2n) is 28.9. The van der Waals surface area contributed by atoms with E-state index in [4.69, 9.17) is 24.4 Å². The van der Waals surface area contributed by atoms with Crippen molar-refractivity contribution in [3.63, 3.8) is 0 Å². The molecule has 3 amide bonds. The quantitative estimate of drug-likeness (QED) is 0.0257. The summed E-state index contributed by atoms with van der Waals surface area (Å²) in [6.45, 7) is 28.3. The molecule has 0 radical (unpaired) electrons. The van der Waals surface area contributed by atoms with Crippen LogP contribution in [0.25, 0.3) is 66.5 Å². The van der Waals surface area contributed by atoms with E-state index < -0.39 is 0 Å². The number of hydrogen-bond donors (Lipinski definition) is 9. The normalized spacial score (nSPS) is 15.5. The van der Waals surface area contributed by atoms with Crippen molar-refractivity contribution >= 4 is 103 Å². The number of carbonyl (C=O) groups is 3. The molecular weight excluding hydrogens is 1450 g/mol. The number of likely N-dealkylation sites (N-methyl/N-ethyl adjacent to an activating group) is 3. The molecule has 114 heavy (non-hydrogen) atoms. The highest BCUT2D eigenvalue weighted by molar-refractivity contribution is 6.08. The van der Waals surface area contributed by atoms with E-state index >= 15 is 0 Å². The number of nitrogens with one attached hydrogen (secondary N) is 9. The summed E-state index contributed by atoms with van der Waals surface area (Å²) < 4.78 is 16.2. The molecule has 600 valence electrons. The first-order valence-electron chi connectivity index (χ1n) is 38.9. The fraction of sp³-hybridized carbons (Fsp3) is 0.430. The van der Waals surface area contributed by atoms with Gasteiger partial charge in [-0.15, -0.1) is 10.2 Å². The molecule has 12 aromatic heterocycles. The number of hydrogen-bond acceptors (Lipinski definition) is 26. The molecule has 3 fully saturated rings. The van der Waals surface area contributed by atoms with E-state index in [0.717, 1.165) is 193 Å². The molecule has 12 aromatic rings. The molecule has 0 saturated carbocycles. The van der Waals surface area contributed by atoms with Crippen molar-refractivity contribution in [3.05, 3.63) is 115 Å². The van der Waals surface area contributed by atoms with Crippen molar-refractivity contribution in [1.82, 2.24) is 119 Å². The van der Waals surface area contributed by atoms with Gasteiger partial charge >= 0.3 is 0 Å². The van der Waals surface area contributed by atoms with Gasteiger partial charge < -0.3 is 71.0 Å². The smallest absolute Gasteiger partial charge is 0.256 e. The average Bonchev–Trinajstić information content (AvgIpc) is 1.63. The van der Waals surface area contributed by atoms with Gasteiger partial charge in [0.15, 0.2) is 17.5 Å². The van der Waals surface area contributed by atoms with Gasteiger partial charge in [0.25, 0.3) is 11.8 Å². The van der Waals surface area contributed by atoms with E-state index in [2.05, 4.69) is 156 Å². The Kier molecular flexibility index (Phi) is 25.5. The van der Waals surface area contributed by atoms with Gasteiger partial charge in [-0.25, -0.2) is 44.9 Å². The van der Waals surface area contributed by atoms with Crippen LogP contribution >= 0.6 is 0 Å². The number of aromatic nitrogens is 18. The minimum absolute atomic E-state index is 0.0280. The number of ether oxygens (including phenoxy) is 2. The van der Waals surface area contributed by atoms with Crippen molar-refractivity contribution in [1.29, 1.82) is 0 Å². The van der Waals surface area contributed by atoms with E-state index in [1.807, 2.05) is 111 Å². The number of anilines is 9. The molecule has 0 bridgehead atoms. The fourth-order valence-electron chi connectivity index (χ4n) is 14.7. The topological polar surface area (TPSA) is 378 Å². The lowest BCUT2D eigenvalue weighted by Crippen LogP contribution is -2.52. The van der Waals surface area contributed by atoms with Crippen LogP contribution in [0.3, 0.4) is 0 Å². The molecule has 35 nitrogen and oxygen atoms in total. The minimum Gasteiger partial charge on any atom is -0.478 e. The SMILES string of the molecule is CCC(C(=O)Nc1nccc2c(-c3ccnc(Nc4cn(C)nc4OC)n3)c[nH]c12)N1CCN(C)CC1.CCC(C(=O)Nc1nccc2c(-c3nc(Nc4cn(C)nc4C)ncc3C)c[nH]c12)N1CCN(C)CC1.CCOc1nn(CC)cc1Nc1ncc(C)c(-c2c[nH]c3c(NC(=O)C(CC)N4CCN(C)CC4)nccc23)n1. The number of rotatable bonds is 25. The Labute approximate surface area is 661 Å². The summed E-state index contributed by atoms with van der Waals surface area (Å²) in [5.41, 5.74) is 12.2. The van der Waals surface area contributed by atoms with E-state index in [1.165, 1.54) is 0 Å². The van der Waals surface area contributed by atoms with Crippen LogP contribution in [0, 0.1) is 20.8 Å². The summed E-state index contributed by atoms with van der Waals surface area (Å²) in [6.07, 6.45) is 23.9. The summed E-state index contributed by atoms with van der Waals surface area (Å²) in [7, 11) is 11.6. The van der Waals surface area contributed by atoms with Gasteiger partial charge in [-0.2, -0.15) is 5.10 Å². The second-order valence-corrected chi connectivity index (χ2v) is 28.9. The van der Waals surface area contributed by atoms with Gasteiger partial charge in [0, 0.05) is 194 Å². The van der Waals surface area contributed by atoms with Gasteiger partial charge in [-0.05, 0) is 110 Å². The second kappa shape index (κ2) is 36.3. The summed E-state index contributed by atoms with van der Waals surface area (Å²) in [4.78, 5) is 105. The Balaban J connectivity index is 0.000000149. The van der Waals surface area contributed by atoms with Crippen LogP contribution in [0.15, 0.2) is 98.6 Å². The van der Waals surface area contributed by atoms with Crippen LogP contribution in [-0.4, -0.2) is 268 Å². The van der Waals surface area contributed by atoms with Gasteiger partial charge in [-0.1, -0.05) is 20.8 Å². The highest BCUT2D eigenvalue weighted by Gasteiger charge is 2.32. The molecule has 15 heterocycles. The van der Waals surface area contributed by atoms with Crippen molar-refractivity contribution in [3.8, 4) is 45.5 Å². The van der Waals surface area contributed by atoms with Gasteiger partial charge in [-0.3, -0.25) is 43.1 Å². The molecule has 0 aliphatic carbocycles. The molecule has 3 atom stereocenters. The van der Waals surface area contributed by atoms with Crippen LogP contribution < -0.4 is 41.4 Å². The van der Waals surface area contributed by atoms with Gasteiger partial charge in [0.05, 0.1) is 89.2 Å². The third kappa shape index (κ3) is 18.3. The Bertz CT molecular complexity index is 5310. The molecule has 0 spiro atoms. The van der Waals surface area contributed by atoms with Crippen LogP contribution in [-0.2, 0) is 35.0 Å². The zero-order valence-corrected chi connectivity index (χ0v) is 67.4. The number of piperazine rings is 3. The lowest BCUT2D eigenvalue weighted by atomic mass is 10.1. The van der Waals surface area contributed by atoms with Crippen LogP contribution in [0.5, 0.6) is 11.8 Å². The molecule has 3 aliphatic rings. The number of aromatic amines is 3. The molecule has 15 rings (SSSR count). The standard InChI is InChI=1S/C28H38N10O2.C26H34N10O.C25H32N10O2/c1-6-22(37-13-11-36(5)12-14-37)26(39)34-25-24-19(9-10-29-25)20(16-30-24)23-18(4)15-31-28(33-23)32-21-17-38(7-2)35-27(21)40-8-3;1-6-21(36-11-9-34(4)10-12-36)25(37)32-24-23-18(7-8-27-24)19(14-28-23)22-16(2)13-29-26(31-22)30-20-15-35(5)33-17(20)3;1-5-20(35-12-10-33(2)11-13-35)23(36)31-22-21-16(6-8-26-22)17(14-28-21)18-7-9-27-25(29-18)30-19-15-34(3)32-24(19)37-4/h9-10,15-17,22,30H,6-8,11-14H2,1-5H3,(H,29,34,39)(H,31,32,33);7-8,13-15,21,28H,6,9-12H2,1-5H3,(H,27,32,37)(H,29,30,31);6-9,14-15,20,28H,5,10-13H2,1-4H3,(H,26,31,36)(H,27,29,30). The van der Waals surface area contributed by atoms with E-state index in [-0.39, 0.29) is 35.8 Å². The number of fused-ring (bicyclic) bond motifs is 3. The van der Waals surface area contributed by atoms with Crippen molar-refractivity contribution in [2.45, 2.75) is 99.3 Å². The average molecular weight is 1550 g/mol. The molecule has 3 saturated heterocycles. The lowest BCUT2D eigenvalue weighted by Gasteiger charge is -2.36. The number of methoxy groups -OCH3 is 1. The number of aryl methyl sites for hydroxylation is 6. The molecular formula is C79H104N30O5. The largest absolute Gasteiger partial charge is 0.478 e. The zero-order chi connectivity index (χ0) is 80.3. The lowest BCUT2D eigenvalue weighted by molar-refractivity contribution is -0.122. The first-order valence-corrected chi connectivity index (χ1v) is 38.9. The van der Waals surface area contributed by atoms with Gasteiger partial charge in [0.2, 0.25) is 35.6 Å². The van der Waals surface area contributed by atoms with Crippen molar-refractivity contribution in [2.24, 2.45) is 14.1 Å². The van der Waals surface area contributed by atoms with E-state index in [1.54, 1.807) is 64.5 Å². The fourth-order valence-corrected chi connectivity index (χ4v) is 14.7. The van der Waals surface area contributed by atoms with Gasteiger partial charge in [0.1, 0.15) is 11.4 Å². The first-order chi connectivity index (χ1) is 55.2. The summed E-state index contributed by atoms with van der Waals surface area (Å²) >= 11 is 0. The number of nitrogens with zero attached hydrogens (tertiary/aromatic N) is 21. The highest BCUT2D eigenvalue weighted by Crippen LogP contribution is 2.37. The summed E-state index contributed by atoms with van der Waals surface area (Å²) in [5, 5.41) is 34.8. The maximum absolute atomic E-state index is 13.3. The van der Waals surface area contributed by atoms with E-state index in [9.17, 15) is 14.4 Å². The third-order valence-electron chi connectivity index (χ3n) is 21.0. The molecule has 0 aromatic carbocycles. The Morgan fingerprint density at radius 2 is 0.851 bits per heavy atom. The number of pyridine rings is 3. The van der Waals surface area contributed by atoms with Crippen molar-refractivity contribution in [2.75, 3.05) is 145 Å². The summed E-state index contributed by atoms with van der Waals surface area (Å²) in [5.74, 6) is 3.75. The van der Waals surface area contributed by atoms with Crippen LogP contribution in [0.4, 0.5) is 52.4 Å². The maximum atomic E-state index is 13.3. The molecule has 35 heteroatoms. The monoisotopic (exact) mass is 1550 g/mol. The van der Waals surface area contributed by atoms with Crippen molar-refractivity contribution < 1.29 is 23.9 Å². The Morgan fingerprint density at radius 3 is 1.26 bits per heavy atom. The molecule has 9 N–H and O–H groups in total.